The Morgan fingerprint density at radius 3 is 2.73 bits per heavy atom. The van der Waals surface area contributed by atoms with Crippen molar-refractivity contribution in [3.63, 3.8) is 0 Å². The molecule has 1 fully saturated rings. The van der Waals surface area contributed by atoms with Crippen LogP contribution in [0.4, 0.5) is 0 Å². The highest BCUT2D eigenvalue weighted by Gasteiger charge is 2.33. The van der Waals surface area contributed by atoms with Gasteiger partial charge in [-0.15, -0.1) is 0 Å². The quantitative estimate of drug-likeness (QED) is 0.710. The zero-order valence-corrected chi connectivity index (χ0v) is 10.0. The van der Waals surface area contributed by atoms with Gasteiger partial charge in [0.25, 0.3) is 0 Å². The third-order valence-electron chi connectivity index (χ3n) is 2.47. The average Bonchev–Trinajstić information content (AvgIpc) is 2.36. The summed E-state index contributed by atoms with van der Waals surface area (Å²) in [5, 5.41) is 9.40. The second kappa shape index (κ2) is 5.25. The summed E-state index contributed by atoms with van der Waals surface area (Å²) >= 11 is 0. The van der Waals surface area contributed by atoms with E-state index in [0.29, 0.717) is 19.5 Å². The van der Waals surface area contributed by atoms with Crippen molar-refractivity contribution in [3.8, 4) is 0 Å². The summed E-state index contributed by atoms with van der Waals surface area (Å²) in [6.45, 7) is 3.13. The van der Waals surface area contributed by atoms with Crippen LogP contribution in [-0.4, -0.2) is 56.5 Å². The summed E-state index contributed by atoms with van der Waals surface area (Å²) in [5.41, 5.74) is 0. The van der Waals surface area contributed by atoms with Crippen molar-refractivity contribution in [1.29, 1.82) is 0 Å². The largest absolute Gasteiger partial charge is 0.391 e. The molecule has 1 N–H and O–H groups in total. The summed E-state index contributed by atoms with van der Waals surface area (Å²) in [6.07, 6.45) is -0.152. The fraction of sp³-hybridized carbons (Fsp3) is 1.00. The lowest BCUT2D eigenvalue weighted by Gasteiger charge is -2.16. The van der Waals surface area contributed by atoms with Crippen molar-refractivity contribution in [2.75, 3.05) is 32.6 Å². The Morgan fingerprint density at radius 2 is 2.27 bits per heavy atom. The summed E-state index contributed by atoms with van der Waals surface area (Å²) in [5.74, 6) is 0.419. The highest BCUT2D eigenvalue weighted by atomic mass is 32.2. The second-order valence-electron chi connectivity index (χ2n) is 4.14. The molecule has 0 saturated carbocycles. The van der Waals surface area contributed by atoms with E-state index in [1.807, 2.05) is 6.92 Å². The van der Waals surface area contributed by atoms with E-state index >= 15 is 0 Å². The highest BCUT2D eigenvalue weighted by molar-refractivity contribution is 7.89. The Bertz CT molecular complexity index is 290. The van der Waals surface area contributed by atoms with Crippen LogP contribution in [0, 0.1) is 5.92 Å². The topological polar surface area (TPSA) is 66.8 Å². The Morgan fingerprint density at radius 1 is 1.60 bits per heavy atom. The van der Waals surface area contributed by atoms with Crippen molar-refractivity contribution in [3.05, 3.63) is 0 Å². The molecule has 1 saturated heterocycles. The van der Waals surface area contributed by atoms with Crippen LogP contribution < -0.4 is 0 Å². The zero-order chi connectivity index (χ0) is 11.5. The zero-order valence-electron chi connectivity index (χ0n) is 9.22. The number of aliphatic hydroxyl groups is 1. The molecule has 0 aromatic carbocycles. The number of aliphatic hydroxyl groups excluding tert-OH is 1. The van der Waals surface area contributed by atoms with Crippen molar-refractivity contribution in [1.82, 2.24) is 4.31 Å². The molecule has 0 aromatic heterocycles. The van der Waals surface area contributed by atoms with Gasteiger partial charge in [0.1, 0.15) is 0 Å². The second-order valence-corrected chi connectivity index (χ2v) is 6.15. The van der Waals surface area contributed by atoms with Gasteiger partial charge in [-0.2, -0.15) is 0 Å². The third-order valence-corrected chi connectivity index (χ3v) is 4.58. The fourth-order valence-electron chi connectivity index (χ4n) is 1.78. The maximum absolute atomic E-state index is 11.6. The van der Waals surface area contributed by atoms with Crippen LogP contribution in [0.3, 0.4) is 0 Å². The fourth-order valence-corrected chi connectivity index (χ4v) is 3.68. The van der Waals surface area contributed by atoms with E-state index in [4.69, 9.17) is 4.74 Å². The lowest BCUT2D eigenvalue weighted by Crippen LogP contribution is -2.30. The van der Waals surface area contributed by atoms with Gasteiger partial charge in [0.2, 0.25) is 10.0 Å². The molecule has 5 nitrogen and oxygen atoms in total. The number of sulfonamides is 1. The lowest BCUT2D eigenvalue weighted by atomic mass is 10.2. The van der Waals surface area contributed by atoms with E-state index < -0.39 is 16.1 Å². The van der Waals surface area contributed by atoms with Gasteiger partial charge in [-0.05, 0) is 12.3 Å². The predicted octanol–water partition coefficient (Wildman–Crippen LogP) is -0.335. The smallest absolute Gasteiger partial charge is 0.214 e. The van der Waals surface area contributed by atoms with E-state index in [0.717, 1.165) is 0 Å². The van der Waals surface area contributed by atoms with Crippen molar-refractivity contribution in [2.45, 2.75) is 19.4 Å². The first-order chi connectivity index (χ1) is 6.95. The van der Waals surface area contributed by atoms with Gasteiger partial charge in [-0.1, -0.05) is 6.92 Å². The van der Waals surface area contributed by atoms with Gasteiger partial charge in [0.15, 0.2) is 0 Å². The maximum atomic E-state index is 11.6. The van der Waals surface area contributed by atoms with Gasteiger partial charge in [-0.25, -0.2) is 12.7 Å². The molecule has 1 rings (SSSR count). The number of hydrogen-bond donors (Lipinski definition) is 1. The Hall–Kier alpha value is -0.170. The van der Waals surface area contributed by atoms with Crippen LogP contribution in [0.25, 0.3) is 0 Å². The number of nitrogens with zero attached hydrogens (tertiary/aromatic N) is 1. The number of hydrogen-bond acceptors (Lipinski definition) is 4. The molecule has 90 valence electrons. The van der Waals surface area contributed by atoms with E-state index in [1.165, 1.54) is 11.4 Å². The van der Waals surface area contributed by atoms with Crippen LogP contribution in [0.2, 0.25) is 0 Å². The summed E-state index contributed by atoms with van der Waals surface area (Å²) < 4.78 is 29.3. The summed E-state index contributed by atoms with van der Waals surface area (Å²) in [6, 6.07) is 0. The Labute approximate surface area is 91.1 Å². The molecule has 0 spiro atoms. The Kier molecular flexibility index (Phi) is 4.51. The maximum Gasteiger partial charge on any atom is 0.214 e. The van der Waals surface area contributed by atoms with E-state index in [9.17, 15) is 13.5 Å². The molecule has 2 atom stereocenters. The summed E-state index contributed by atoms with van der Waals surface area (Å²) in [7, 11) is -1.55. The molecule has 0 bridgehead atoms. The average molecular weight is 237 g/mol. The van der Waals surface area contributed by atoms with Crippen LogP contribution in [-0.2, 0) is 14.8 Å². The molecule has 0 aliphatic carbocycles. The monoisotopic (exact) mass is 237 g/mol. The molecule has 1 heterocycles. The SMILES string of the molecule is COCC(O)CCN1CC(C)CS1(=O)=O. The predicted molar refractivity (Wildman–Crippen MR) is 57.0 cm³/mol. The molecule has 1 aliphatic heterocycles. The molecular weight excluding hydrogens is 218 g/mol. The van der Waals surface area contributed by atoms with Crippen LogP contribution in [0.1, 0.15) is 13.3 Å². The van der Waals surface area contributed by atoms with Gasteiger partial charge in [0, 0.05) is 20.2 Å². The van der Waals surface area contributed by atoms with Crippen molar-refractivity contribution >= 4 is 10.0 Å². The normalized spacial score (nSPS) is 28.1. The van der Waals surface area contributed by atoms with Crippen LogP contribution >= 0.6 is 0 Å². The van der Waals surface area contributed by atoms with Crippen molar-refractivity contribution < 1.29 is 18.3 Å². The number of methoxy groups -OCH3 is 1. The number of ether oxygens (including phenoxy) is 1. The minimum Gasteiger partial charge on any atom is -0.391 e. The minimum absolute atomic E-state index is 0.189. The standard InChI is InChI=1S/C9H19NO4S/c1-8-5-10(15(12,13)7-8)4-3-9(11)6-14-2/h8-9,11H,3-7H2,1-2H3. The Balaban J connectivity index is 2.39. The minimum atomic E-state index is -3.07. The molecule has 2 unspecified atom stereocenters. The first-order valence-corrected chi connectivity index (χ1v) is 6.71. The first kappa shape index (κ1) is 12.9. The molecule has 0 aromatic rings. The van der Waals surface area contributed by atoms with Gasteiger partial charge >= 0.3 is 0 Å². The van der Waals surface area contributed by atoms with E-state index in [1.54, 1.807) is 0 Å². The molecular formula is C9H19NO4S. The molecule has 0 amide bonds. The first-order valence-electron chi connectivity index (χ1n) is 5.10. The summed E-state index contributed by atoms with van der Waals surface area (Å²) in [4.78, 5) is 0. The van der Waals surface area contributed by atoms with E-state index in [-0.39, 0.29) is 18.3 Å². The van der Waals surface area contributed by atoms with Gasteiger partial charge < -0.3 is 9.84 Å². The highest BCUT2D eigenvalue weighted by Crippen LogP contribution is 2.19. The molecule has 0 radical (unpaired) electrons. The van der Waals surface area contributed by atoms with E-state index in [2.05, 4.69) is 0 Å². The van der Waals surface area contributed by atoms with Crippen LogP contribution in [0.15, 0.2) is 0 Å². The number of rotatable bonds is 5. The van der Waals surface area contributed by atoms with Crippen molar-refractivity contribution in [2.24, 2.45) is 5.92 Å². The molecule has 1 aliphatic rings. The third kappa shape index (κ3) is 3.71. The lowest BCUT2D eigenvalue weighted by molar-refractivity contribution is 0.0563. The van der Waals surface area contributed by atoms with Gasteiger partial charge in [-0.3, -0.25) is 0 Å². The molecule has 6 heteroatoms. The van der Waals surface area contributed by atoms with Gasteiger partial charge in [0.05, 0.1) is 18.5 Å². The van der Waals surface area contributed by atoms with Crippen LogP contribution in [0.5, 0.6) is 0 Å². The molecule has 15 heavy (non-hydrogen) atoms.